The lowest BCUT2D eigenvalue weighted by Gasteiger charge is -2.32. The van der Waals surface area contributed by atoms with Crippen molar-refractivity contribution in [1.82, 2.24) is 0 Å². The molecule has 0 aromatic heterocycles. The highest BCUT2D eigenvalue weighted by Gasteiger charge is 2.28. The topological polar surface area (TPSA) is 23.8 Å². The number of likely N-dealkylation sites (tertiary alicyclic amines) is 1. The maximum atomic E-state index is 8.44. The molecule has 1 aliphatic heterocycles. The van der Waals surface area contributed by atoms with E-state index in [0.717, 1.165) is 12.8 Å². The molecule has 0 spiro atoms. The van der Waals surface area contributed by atoms with Crippen LogP contribution in [0.5, 0.6) is 0 Å². The molecule has 1 heterocycles. The summed E-state index contributed by atoms with van der Waals surface area (Å²) in [7, 11) is 0. The number of hydrogen-bond acceptors (Lipinski definition) is 1. The van der Waals surface area contributed by atoms with Gasteiger partial charge < -0.3 is 4.48 Å². The quantitative estimate of drug-likeness (QED) is 0.463. The van der Waals surface area contributed by atoms with Crippen LogP contribution in [-0.2, 0) is 0 Å². The van der Waals surface area contributed by atoms with Gasteiger partial charge in [-0.05, 0) is 6.92 Å². The maximum Gasteiger partial charge on any atom is 0.0796 e. The fourth-order valence-corrected chi connectivity index (χ4v) is 2.20. The van der Waals surface area contributed by atoms with E-state index in [1.54, 1.807) is 0 Å². The van der Waals surface area contributed by atoms with Crippen LogP contribution in [-0.4, -0.2) is 30.7 Å². The van der Waals surface area contributed by atoms with Crippen LogP contribution in [0.4, 0.5) is 0 Å². The van der Waals surface area contributed by atoms with Crippen molar-refractivity contribution in [3.8, 4) is 6.07 Å². The Balaban J connectivity index is 2.30. The summed E-state index contributed by atoms with van der Waals surface area (Å²) < 4.78 is 1.28. The van der Waals surface area contributed by atoms with E-state index >= 15 is 0 Å². The zero-order valence-electron chi connectivity index (χ0n) is 8.05. The molecule has 0 aliphatic carbocycles. The van der Waals surface area contributed by atoms with Crippen molar-refractivity contribution >= 4 is 0 Å². The summed E-state index contributed by atoms with van der Waals surface area (Å²) in [5.41, 5.74) is 0. The van der Waals surface area contributed by atoms with Gasteiger partial charge in [0.2, 0.25) is 0 Å². The van der Waals surface area contributed by atoms with Gasteiger partial charge in [0.25, 0.3) is 0 Å². The highest BCUT2D eigenvalue weighted by Crippen LogP contribution is 2.19. The van der Waals surface area contributed by atoms with Crippen molar-refractivity contribution in [1.29, 1.82) is 5.26 Å². The van der Waals surface area contributed by atoms with Crippen LogP contribution in [0.3, 0.4) is 0 Å². The van der Waals surface area contributed by atoms with Crippen molar-refractivity contribution in [2.75, 3.05) is 26.2 Å². The molecule has 2 heteroatoms. The lowest BCUT2D eigenvalue weighted by molar-refractivity contribution is -0.915. The third kappa shape index (κ3) is 2.22. The Morgan fingerprint density at radius 1 is 1.33 bits per heavy atom. The summed E-state index contributed by atoms with van der Waals surface area (Å²) in [5.74, 6) is 0. The predicted molar refractivity (Wildman–Crippen MR) is 49.5 cm³/mol. The van der Waals surface area contributed by atoms with Gasteiger partial charge in [-0.25, -0.2) is 0 Å². The third-order valence-electron chi connectivity index (χ3n) is 3.11. The third-order valence-corrected chi connectivity index (χ3v) is 3.11. The average molecular weight is 167 g/mol. The van der Waals surface area contributed by atoms with Crippen LogP contribution in [0, 0.1) is 11.3 Å². The largest absolute Gasteiger partial charge is 0.324 e. The van der Waals surface area contributed by atoms with Gasteiger partial charge in [0.15, 0.2) is 0 Å². The molecule has 12 heavy (non-hydrogen) atoms. The zero-order valence-corrected chi connectivity index (χ0v) is 8.05. The van der Waals surface area contributed by atoms with E-state index in [2.05, 4.69) is 13.0 Å². The van der Waals surface area contributed by atoms with Crippen LogP contribution in [0.25, 0.3) is 0 Å². The van der Waals surface area contributed by atoms with E-state index in [1.165, 1.54) is 43.5 Å². The monoisotopic (exact) mass is 167 g/mol. The minimum atomic E-state index is 0.736. The first-order chi connectivity index (χ1) is 5.83. The molecular weight excluding hydrogens is 148 g/mol. The fraction of sp³-hybridized carbons (Fsp3) is 0.900. The van der Waals surface area contributed by atoms with Gasteiger partial charge in [-0.3, -0.25) is 0 Å². The van der Waals surface area contributed by atoms with Crippen LogP contribution >= 0.6 is 0 Å². The standard InChI is InChI=1S/C10H19N2/c1-2-12(8-4-3-7-11)9-5-6-10-12/h2-6,8-10H2,1H3/q+1. The molecule has 1 rings (SSSR count). The molecule has 0 N–H and O–H groups in total. The zero-order chi connectivity index (χ0) is 8.86. The summed E-state index contributed by atoms with van der Waals surface area (Å²) in [6, 6.07) is 2.22. The van der Waals surface area contributed by atoms with Gasteiger partial charge >= 0.3 is 0 Å². The molecular formula is C10H19N2+. The lowest BCUT2D eigenvalue weighted by Crippen LogP contribution is -2.45. The summed E-state index contributed by atoms with van der Waals surface area (Å²) in [5, 5.41) is 8.44. The number of nitriles is 1. The minimum Gasteiger partial charge on any atom is -0.324 e. The molecule has 0 aromatic carbocycles. The van der Waals surface area contributed by atoms with E-state index in [0.29, 0.717) is 0 Å². The summed E-state index contributed by atoms with van der Waals surface area (Å²) in [6.45, 7) is 7.46. The van der Waals surface area contributed by atoms with Gasteiger partial charge in [0.05, 0.1) is 32.2 Å². The van der Waals surface area contributed by atoms with E-state index in [9.17, 15) is 0 Å². The Hall–Kier alpha value is -0.550. The molecule has 0 atom stereocenters. The Labute approximate surface area is 75.4 Å². The molecule has 1 saturated heterocycles. The second-order valence-corrected chi connectivity index (χ2v) is 3.80. The number of rotatable bonds is 4. The van der Waals surface area contributed by atoms with E-state index in [4.69, 9.17) is 5.26 Å². The second-order valence-electron chi connectivity index (χ2n) is 3.80. The molecule has 68 valence electrons. The highest BCUT2D eigenvalue weighted by molar-refractivity contribution is 4.68. The SMILES string of the molecule is CC[N+]1(CCCC#N)CCCC1. The molecule has 0 aromatic rings. The maximum absolute atomic E-state index is 8.44. The van der Waals surface area contributed by atoms with Crippen LogP contribution in [0.15, 0.2) is 0 Å². The first-order valence-electron chi connectivity index (χ1n) is 5.05. The average Bonchev–Trinajstić information content (AvgIpc) is 2.55. The van der Waals surface area contributed by atoms with Crippen molar-refractivity contribution in [3.63, 3.8) is 0 Å². The molecule has 2 nitrogen and oxygen atoms in total. The summed E-state index contributed by atoms with van der Waals surface area (Å²) in [4.78, 5) is 0. The molecule has 0 amide bonds. The second kappa shape index (κ2) is 4.47. The van der Waals surface area contributed by atoms with Gasteiger partial charge in [-0.2, -0.15) is 5.26 Å². The van der Waals surface area contributed by atoms with Crippen LogP contribution in [0.1, 0.15) is 32.6 Å². The van der Waals surface area contributed by atoms with Crippen LogP contribution < -0.4 is 0 Å². The summed E-state index contributed by atoms with van der Waals surface area (Å²) in [6.07, 6.45) is 4.60. The summed E-state index contributed by atoms with van der Waals surface area (Å²) >= 11 is 0. The smallest absolute Gasteiger partial charge is 0.0796 e. The molecule has 0 radical (unpaired) electrons. The van der Waals surface area contributed by atoms with Gasteiger partial charge in [0, 0.05) is 25.7 Å². The minimum absolute atomic E-state index is 0.736. The molecule has 0 saturated carbocycles. The Bertz CT molecular complexity index is 163. The first-order valence-corrected chi connectivity index (χ1v) is 5.05. The molecule has 0 unspecified atom stereocenters. The van der Waals surface area contributed by atoms with Crippen molar-refractivity contribution in [2.24, 2.45) is 0 Å². The number of hydrogen-bond donors (Lipinski definition) is 0. The molecule has 0 bridgehead atoms. The number of quaternary nitrogens is 1. The first kappa shape index (κ1) is 9.54. The van der Waals surface area contributed by atoms with Gasteiger partial charge in [0.1, 0.15) is 0 Å². The molecule has 1 fully saturated rings. The lowest BCUT2D eigenvalue weighted by atomic mass is 10.2. The Morgan fingerprint density at radius 2 is 2.00 bits per heavy atom. The van der Waals surface area contributed by atoms with Gasteiger partial charge in [-0.15, -0.1) is 0 Å². The predicted octanol–water partition coefficient (Wildman–Crippen LogP) is 1.92. The number of unbranched alkanes of at least 4 members (excludes halogenated alkanes) is 1. The Morgan fingerprint density at radius 3 is 2.50 bits per heavy atom. The molecule has 1 aliphatic rings. The van der Waals surface area contributed by atoms with E-state index < -0.39 is 0 Å². The van der Waals surface area contributed by atoms with E-state index in [1.807, 2.05) is 0 Å². The normalized spacial score (nSPS) is 20.7. The van der Waals surface area contributed by atoms with Crippen molar-refractivity contribution < 1.29 is 4.48 Å². The number of nitrogens with zero attached hydrogens (tertiary/aromatic N) is 2. The van der Waals surface area contributed by atoms with Crippen molar-refractivity contribution in [2.45, 2.75) is 32.6 Å². The fourth-order valence-electron chi connectivity index (χ4n) is 2.20. The van der Waals surface area contributed by atoms with Crippen molar-refractivity contribution in [3.05, 3.63) is 0 Å². The van der Waals surface area contributed by atoms with Crippen LogP contribution in [0.2, 0.25) is 0 Å². The van der Waals surface area contributed by atoms with E-state index in [-0.39, 0.29) is 0 Å². The van der Waals surface area contributed by atoms with Gasteiger partial charge in [-0.1, -0.05) is 0 Å². The highest BCUT2D eigenvalue weighted by atomic mass is 15.4. The Kier molecular flexibility index (Phi) is 3.55.